The third-order valence-corrected chi connectivity index (χ3v) is 4.26. The first-order chi connectivity index (χ1) is 9.95. The Bertz CT molecular complexity index is 775. The molecule has 2 aromatic rings. The summed E-state index contributed by atoms with van der Waals surface area (Å²) in [5.74, 6) is 0.789. The van der Waals surface area contributed by atoms with Crippen molar-refractivity contribution in [2.24, 2.45) is 7.05 Å². The van der Waals surface area contributed by atoms with E-state index in [0.29, 0.717) is 22.9 Å². The van der Waals surface area contributed by atoms with E-state index in [9.17, 15) is 9.59 Å². The van der Waals surface area contributed by atoms with Gasteiger partial charge in [-0.2, -0.15) is 0 Å². The lowest BCUT2D eigenvalue weighted by atomic mass is 10.4. The van der Waals surface area contributed by atoms with Gasteiger partial charge in [-0.3, -0.25) is 14.3 Å². The number of imidazole rings is 1. The van der Waals surface area contributed by atoms with Crippen molar-refractivity contribution < 1.29 is 0 Å². The number of H-pyrrole nitrogens is 1. The third kappa shape index (κ3) is 3.24. The molecule has 2 heterocycles. The molecule has 1 unspecified atom stereocenters. The molecule has 0 aliphatic rings. The number of fused-ring (bicyclic) bond motifs is 1. The molecule has 8 heteroatoms. The number of aryl methyl sites for hydroxylation is 1. The molecule has 1 atom stereocenters. The monoisotopic (exact) mass is 328 g/mol. The Labute approximate surface area is 130 Å². The molecule has 0 aromatic carbocycles. The number of hydrogen-bond acceptors (Lipinski definition) is 4. The smallest absolute Gasteiger partial charge is 0.309 e. The SMILES string of the molecule is C=CCn1c(SCCC(C)Cl)nc2c1c(=O)[nH]c(=O)n2C. The second-order valence-corrected chi connectivity index (χ2v) is 6.51. The number of alkyl halides is 1. The van der Waals surface area contributed by atoms with E-state index in [1.165, 1.54) is 16.3 Å². The van der Waals surface area contributed by atoms with Crippen LogP contribution in [-0.2, 0) is 13.6 Å². The highest BCUT2D eigenvalue weighted by molar-refractivity contribution is 7.99. The van der Waals surface area contributed by atoms with Gasteiger partial charge in [0.1, 0.15) is 0 Å². The van der Waals surface area contributed by atoms with Crippen LogP contribution in [0.1, 0.15) is 13.3 Å². The van der Waals surface area contributed by atoms with E-state index in [1.54, 1.807) is 17.7 Å². The molecule has 1 N–H and O–H groups in total. The summed E-state index contributed by atoms with van der Waals surface area (Å²) in [6.45, 7) is 6.09. The predicted molar refractivity (Wildman–Crippen MR) is 86.4 cm³/mol. The Balaban J connectivity index is 2.54. The van der Waals surface area contributed by atoms with Crippen LogP contribution in [0.25, 0.3) is 11.2 Å². The minimum Gasteiger partial charge on any atom is -0.309 e. The average molecular weight is 329 g/mol. The first kappa shape index (κ1) is 15.9. The van der Waals surface area contributed by atoms with Gasteiger partial charge in [-0.25, -0.2) is 9.78 Å². The molecular formula is C13H17ClN4O2S. The molecule has 0 aliphatic heterocycles. The van der Waals surface area contributed by atoms with Crippen LogP contribution in [0.2, 0.25) is 0 Å². The summed E-state index contributed by atoms with van der Waals surface area (Å²) in [7, 11) is 1.58. The maximum Gasteiger partial charge on any atom is 0.329 e. The fraction of sp³-hybridized carbons (Fsp3) is 0.462. The minimum absolute atomic E-state index is 0.0856. The number of hydrogen-bond donors (Lipinski definition) is 1. The molecule has 0 saturated carbocycles. The summed E-state index contributed by atoms with van der Waals surface area (Å²) in [6, 6.07) is 0. The number of aromatic nitrogens is 4. The Morgan fingerprint density at radius 3 is 2.86 bits per heavy atom. The van der Waals surface area contributed by atoms with Gasteiger partial charge in [0.15, 0.2) is 16.3 Å². The van der Waals surface area contributed by atoms with Crippen molar-refractivity contribution >= 4 is 34.5 Å². The molecule has 0 fully saturated rings. The molecule has 0 radical (unpaired) electrons. The Hall–Kier alpha value is -1.47. The van der Waals surface area contributed by atoms with Crippen LogP contribution >= 0.6 is 23.4 Å². The quantitative estimate of drug-likeness (QED) is 0.498. The van der Waals surface area contributed by atoms with E-state index in [4.69, 9.17) is 11.6 Å². The molecular weight excluding hydrogens is 312 g/mol. The van der Waals surface area contributed by atoms with E-state index >= 15 is 0 Å². The molecule has 0 spiro atoms. The van der Waals surface area contributed by atoms with Gasteiger partial charge in [0.2, 0.25) is 0 Å². The number of aromatic amines is 1. The average Bonchev–Trinajstić information content (AvgIpc) is 2.76. The van der Waals surface area contributed by atoms with Crippen LogP contribution < -0.4 is 11.2 Å². The lowest BCUT2D eigenvalue weighted by Crippen LogP contribution is -2.29. The van der Waals surface area contributed by atoms with Crippen LogP contribution in [0, 0.1) is 0 Å². The number of allylic oxidation sites excluding steroid dienone is 1. The number of thioether (sulfide) groups is 1. The van der Waals surface area contributed by atoms with E-state index in [1.807, 2.05) is 6.92 Å². The second kappa shape index (κ2) is 6.53. The summed E-state index contributed by atoms with van der Waals surface area (Å²) in [6.07, 6.45) is 2.53. The first-order valence-corrected chi connectivity index (χ1v) is 7.95. The molecule has 2 rings (SSSR count). The van der Waals surface area contributed by atoms with Crippen LogP contribution in [0.4, 0.5) is 0 Å². The topological polar surface area (TPSA) is 72.7 Å². The van der Waals surface area contributed by atoms with E-state index in [0.717, 1.165) is 12.2 Å². The van der Waals surface area contributed by atoms with Crippen molar-refractivity contribution in [3.8, 4) is 0 Å². The lowest BCUT2D eigenvalue weighted by Gasteiger charge is -2.06. The number of rotatable bonds is 6. The lowest BCUT2D eigenvalue weighted by molar-refractivity contribution is 0.744. The number of nitrogens with zero attached hydrogens (tertiary/aromatic N) is 3. The van der Waals surface area contributed by atoms with Crippen LogP contribution in [0.3, 0.4) is 0 Å². The van der Waals surface area contributed by atoms with Crippen molar-refractivity contribution in [2.75, 3.05) is 5.75 Å². The van der Waals surface area contributed by atoms with E-state index < -0.39 is 11.2 Å². The van der Waals surface area contributed by atoms with Gasteiger partial charge in [0.05, 0.1) is 0 Å². The molecule has 0 bridgehead atoms. The molecule has 21 heavy (non-hydrogen) atoms. The van der Waals surface area contributed by atoms with Crippen LogP contribution in [-0.4, -0.2) is 30.2 Å². The van der Waals surface area contributed by atoms with Crippen molar-refractivity contribution in [2.45, 2.75) is 30.4 Å². The van der Waals surface area contributed by atoms with Gasteiger partial charge in [-0.05, 0) is 13.3 Å². The van der Waals surface area contributed by atoms with Gasteiger partial charge in [-0.1, -0.05) is 17.8 Å². The molecule has 6 nitrogen and oxygen atoms in total. The van der Waals surface area contributed by atoms with Gasteiger partial charge in [0.25, 0.3) is 5.56 Å². The zero-order valence-corrected chi connectivity index (χ0v) is 13.5. The highest BCUT2D eigenvalue weighted by Crippen LogP contribution is 2.23. The third-order valence-electron chi connectivity index (χ3n) is 3.03. The molecule has 114 valence electrons. The molecule has 0 amide bonds. The highest BCUT2D eigenvalue weighted by atomic mass is 35.5. The van der Waals surface area contributed by atoms with E-state index in [2.05, 4.69) is 16.5 Å². The Morgan fingerprint density at radius 2 is 2.24 bits per heavy atom. The second-order valence-electron chi connectivity index (χ2n) is 4.70. The minimum atomic E-state index is -0.471. The maximum absolute atomic E-state index is 12.0. The number of nitrogens with one attached hydrogen (secondary N) is 1. The van der Waals surface area contributed by atoms with Gasteiger partial charge in [0, 0.05) is 24.7 Å². The normalized spacial score (nSPS) is 12.7. The first-order valence-electron chi connectivity index (χ1n) is 6.53. The highest BCUT2D eigenvalue weighted by Gasteiger charge is 2.16. The fourth-order valence-electron chi connectivity index (χ4n) is 1.94. The molecule has 0 aliphatic carbocycles. The van der Waals surface area contributed by atoms with Crippen LogP contribution in [0.5, 0.6) is 0 Å². The zero-order chi connectivity index (χ0) is 15.6. The van der Waals surface area contributed by atoms with Crippen molar-refractivity contribution in [3.63, 3.8) is 0 Å². The summed E-state index contributed by atoms with van der Waals surface area (Å²) < 4.78 is 3.11. The molecule has 0 saturated heterocycles. The maximum atomic E-state index is 12.0. The fourth-order valence-corrected chi connectivity index (χ4v) is 3.30. The zero-order valence-electron chi connectivity index (χ0n) is 11.9. The van der Waals surface area contributed by atoms with Crippen molar-refractivity contribution in [3.05, 3.63) is 33.5 Å². The van der Waals surface area contributed by atoms with Gasteiger partial charge >= 0.3 is 5.69 Å². The van der Waals surface area contributed by atoms with Gasteiger partial charge in [-0.15, -0.1) is 18.2 Å². The summed E-state index contributed by atoms with van der Waals surface area (Å²) >= 11 is 7.45. The largest absolute Gasteiger partial charge is 0.329 e. The summed E-state index contributed by atoms with van der Waals surface area (Å²) in [5, 5.41) is 0.774. The standard InChI is InChI=1S/C13H17ClN4O2S/c1-4-6-18-9-10(17(3)12(20)16-11(9)19)15-13(18)21-7-5-8(2)14/h4,8H,1,5-7H2,2-3H3,(H,16,19,20). The van der Waals surface area contributed by atoms with Gasteiger partial charge < -0.3 is 4.57 Å². The van der Waals surface area contributed by atoms with Crippen molar-refractivity contribution in [1.29, 1.82) is 0 Å². The van der Waals surface area contributed by atoms with Crippen LogP contribution in [0.15, 0.2) is 27.4 Å². The summed E-state index contributed by atoms with van der Waals surface area (Å²) in [5.41, 5.74) is -0.132. The number of halogens is 1. The summed E-state index contributed by atoms with van der Waals surface area (Å²) in [4.78, 5) is 30.4. The predicted octanol–water partition coefficient (Wildman–Crippen LogP) is 1.72. The van der Waals surface area contributed by atoms with Crippen molar-refractivity contribution in [1.82, 2.24) is 19.1 Å². The van der Waals surface area contributed by atoms with E-state index in [-0.39, 0.29) is 5.38 Å². The Morgan fingerprint density at radius 1 is 1.52 bits per heavy atom. The Kier molecular flexibility index (Phi) is 4.95. The molecule has 2 aromatic heterocycles.